The highest BCUT2D eigenvalue weighted by molar-refractivity contribution is 7.15. The van der Waals surface area contributed by atoms with E-state index in [0.717, 1.165) is 41.2 Å². The van der Waals surface area contributed by atoms with Crippen molar-refractivity contribution in [1.82, 2.24) is 20.5 Å². The molecule has 0 atom stereocenters. The SMILES string of the molecule is O=C(Nc1nc2c(s1)COCC2)c1n[nH]c2c1CNCC2. The van der Waals surface area contributed by atoms with Gasteiger partial charge in [-0.05, 0) is 0 Å². The van der Waals surface area contributed by atoms with Crippen LogP contribution in [0.2, 0.25) is 0 Å². The monoisotopic (exact) mass is 305 g/mol. The fraction of sp³-hybridized carbons (Fsp3) is 0.462. The van der Waals surface area contributed by atoms with E-state index >= 15 is 0 Å². The summed E-state index contributed by atoms with van der Waals surface area (Å²) in [4.78, 5) is 17.9. The van der Waals surface area contributed by atoms with E-state index in [9.17, 15) is 4.79 Å². The Balaban J connectivity index is 1.55. The molecule has 8 heteroatoms. The third kappa shape index (κ3) is 2.35. The summed E-state index contributed by atoms with van der Waals surface area (Å²) < 4.78 is 5.39. The smallest absolute Gasteiger partial charge is 0.278 e. The summed E-state index contributed by atoms with van der Waals surface area (Å²) in [6.07, 6.45) is 1.68. The lowest BCUT2D eigenvalue weighted by Gasteiger charge is -2.12. The maximum Gasteiger partial charge on any atom is 0.278 e. The molecule has 0 aliphatic carbocycles. The molecule has 0 fully saturated rings. The first-order valence-electron chi connectivity index (χ1n) is 6.96. The Morgan fingerprint density at radius 1 is 1.38 bits per heavy atom. The van der Waals surface area contributed by atoms with E-state index in [0.29, 0.717) is 30.6 Å². The minimum atomic E-state index is -0.205. The largest absolute Gasteiger partial charge is 0.375 e. The van der Waals surface area contributed by atoms with Crippen molar-refractivity contribution in [3.8, 4) is 0 Å². The Morgan fingerprint density at radius 2 is 2.33 bits per heavy atom. The van der Waals surface area contributed by atoms with E-state index in [1.807, 2.05) is 0 Å². The number of hydrogen-bond donors (Lipinski definition) is 3. The van der Waals surface area contributed by atoms with Crippen LogP contribution in [0.5, 0.6) is 0 Å². The van der Waals surface area contributed by atoms with Crippen LogP contribution in [0.25, 0.3) is 0 Å². The second kappa shape index (κ2) is 5.21. The van der Waals surface area contributed by atoms with Crippen molar-refractivity contribution >= 4 is 22.4 Å². The molecule has 0 aromatic carbocycles. The zero-order chi connectivity index (χ0) is 14.2. The van der Waals surface area contributed by atoms with Gasteiger partial charge in [-0.25, -0.2) is 4.98 Å². The number of rotatable bonds is 2. The third-order valence-corrected chi connectivity index (χ3v) is 4.72. The van der Waals surface area contributed by atoms with Gasteiger partial charge in [0.25, 0.3) is 5.91 Å². The number of nitrogens with zero attached hydrogens (tertiary/aromatic N) is 2. The molecule has 0 bridgehead atoms. The molecule has 2 aromatic heterocycles. The van der Waals surface area contributed by atoms with Crippen LogP contribution in [0.3, 0.4) is 0 Å². The fourth-order valence-electron chi connectivity index (χ4n) is 2.65. The van der Waals surface area contributed by atoms with Crippen LogP contribution in [-0.2, 0) is 30.7 Å². The molecule has 0 unspecified atom stereocenters. The van der Waals surface area contributed by atoms with Crippen LogP contribution in [0.1, 0.15) is 32.3 Å². The van der Waals surface area contributed by atoms with Gasteiger partial charge in [-0.3, -0.25) is 15.2 Å². The number of thiazole rings is 1. The number of anilines is 1. The Kier molecular flexibility index (Phi) is 3.21. The predicted molar refractivity (Wildman–Crippen MR) is 77.4 cm³/mol. The molecule has 21 heavy (non-hydrogen) atoms. The molecule has 110 valence electrons. The number of aromatic amines is 1. The number of ether oxygens (including phenoxy) is 1. The topological polar surface area (TPSA) is 91.9 Å². The molecule has 2 aliphatic rings. The maximum atomic E-state index is 12.4. The molecule has 0 radical (unpaired) electrons. The Hall–Kier alpha value is -1.77. The predicted octanol–water partition coefficient (Wildman–Crippen LogP) is 0.837. The lowest BCUT2D eigenvalue weighted by Crippen LogP contribution is -2.25. The van der Waals surface area contributed by atoms with Gasteiger partial charge < -0.3 is 10.1 Å². The van der Waals surface area contributed by atoms with Gasteiger partial charge in [0.1, 0.15) is 0 Å². The molecular weight excluding hydrogens is 290 g/mol. The Bertz CT molecular complexity index is 669. The first-order valence-corrected chi connectivity index (χ1v) is 7.77. The van der Waals surface area contributed by atoms with Gasteiger partial charge in [0, 0.05) is 37.2 Å². The first kappa shape index (κ1) is 12.9. The Morgan fingerprint density at radius 3 is 3.24 bits per heavy atom. The van der Waals surface area contributed by atoms with Crippen molar-refractivity contribution in [2.45, 2.75) is 26.0 Å². The van der Waals surface area contributed by atoms with Crippen molar-refractivity contribution in [2.75, 3.05) is 18.5 Å². The van der Waals surface area contributed by atoms with Crippen LogP contribution in [0.4, 0.5) is 5.13 Å². The van der Waals surface area contributed by atoms with E-state index in [4.69, 9.17) is 4.74 Å². The third-order valence-electron chi connectivity index (χ3n) is 3.74. The molecule has 4 heterocycles. The van der Waals surface area contributed by atoms with Crippen molar-refractivity contribution in [1.29, 1.82) is 0 Å². The standard InChI is InChI=1S/C13H15N5O2S/c19-12(11-7-5-14-3-1-8(7)17-18-11)16-13-15-9-2-4-20-6-10(9)21-13/h14H,1-6H2,(H,17,18)(H,15,16,19). The number of fused-ring (bicyclic) bond motifs is 2. The summed E-state index contributed by atoms with van der Waals surface area (Å²) in [6.45, 7) is 2.87. The molecule has 4 rings (SSSR count). The number of amides is 1. The zero-order valence-corrected chi connectivity index (χ0v) is 12.2. The second-order valence-electron chi connectivity index (χ2n) is 5.10. The summed E-state index contributed by atoms with van der Waals surface area (Å²) in [5.74, 6) is -0.205. The Labute approximate surface area is 125 Å². The number of hydrogen-bond acceptors (Lipinski definition) is 6. The maximum absolute atomic E-state index is 12.4. The van der Waals surface area contributed by atoms with Gasteiger partial charge in [0.05, 0.1) is 23.8 Å². The second-order valence-corrected chi connectivity index (χ2v) is 6.19. The average Bonchev–Trinajstić information content (AvgIpc) is 3.10. The number of aromatic nitrogens is 3. The first-order chi connectivity index (χ1) is 10.3. The normalized spacial score (nSPS) is 17.1. The molecule has 2 aliphatic heterocycles. The van der Waals surface area contributed by atoms with E-state index < -0.39 is 0 Å². The lowest BCUT2D eigenvalue weighted by molar-refractivity contribution is 0.102. The molecular formula is C13H15N5O2S. The van der Waals surface area contributed by atoms with Crippen molar-refractivity contribution < 1.29 is 9.53 Å². The van der Waals surface area contributed by atoms with Gasteiger partial charge in [0.2, 0.25) is 0 Å². The number of H-pyrrole nitrogens is 1. The highest BCUT2D eigenvalue weighted by atomic mass is 32.1. The molecule has 0 saturated heterocycles. The molecule has 0 spiro atoms. The van der Waals surface area contributed by atoms with E-state index in [1.54, 1.807) is 0 Å². The van der Waals surface area contributed by atoms with Gasteiger partial charge >= 0.3 is 0 Å². The number of carbonyl (C=O) groups excluding carboxylic acids is 1. The zero-order valence-electron chi connectivity index (χ0n) is 11.4. The summed E-state index contributed by atoms with van der Waals surface area (Å²) in [5, 5.41) is 13.8. The summed E-state index contributed by atoms with van der Waals surface area (Å²) in [6, 6.07) is 0. The molecule has 3 N–H and O–H groups in total. The quantitative estimate of drug-likeness (QED) is 0.764. The van der Waals surface area contributed by atoms with Crippen molar-refractivity contribution in [2.24, 2.45) is 0 Å². The fourth-order valence-corrected chi connectivity index (χ4v) is 3.59. The number of nitrogens with one attached hydrogen (secondary N) is 3. The molecule has 1 amide bonds. The molecule has 0 saturated carbocycles. The van der Waals surface area contributed by atoms with Gasteiger partial charge in [-0.1, -0.05) is 11.3 Å². The lowest BCUT2D eigenvalue weighted by atomic mass is 10.1. The average molecular weight is 305 g/mol. The molecule has 7 nitrogen and oxygen atoms in total. The van der Waals surface area contributed by atoms with Crippen molar-refractivity contribution in [3.63, 3.8) is 0 Å². The van der Waals surface area contributed by atoms with Gasteiger partial charge in [-0.2, -0.15) is 5.10 Å². The van der Waals surface area contributed by atoms with Crippen LogP contribution in [0, 0.1) is 0 Å². The number of carbonyl (C=O) groups is 1. The van der Waals surface area contributed by atoms with E-state index in [2.05, 4.69) is 25.8 Å². The minimum Gasteiger partial charge on any atom is -0.375 e. The molecule has 2 aromatic rings. The highest BCUT2D eigenvalue weighted by Gasteiger charge is 2.23. The van der Waals surface area contributed by atoms with Crippen LogP contribution in [-0.4, -0.2) is 34.2 Å². The van der Waals surface area contributed by atoms with Gasteiger partial charge in [0.15, 0.2) is 10.8 Å². The van der Waals surface area contributed by atoms with Crippen LogP contribution in [0.15, 0.2) is 0 Å². The minimum absolute atomic E-state index is 0.205. The summed E-state index contributed by atoms with van der Waals surface area (Å²) >= 11 is 1.48. The van der Waals surface area contributed by atoms with Gasteiger partial charge in [-0.15, -0.1) is 0 Å². The highest BCUT2D eigenvalue weighted by Crippen LogP contribution is 2.27. The van der Waals surface area contributed by atoms with E-state index in [-0.39, 0.29) is 5.91 Å². The van der Waals surface area contributed by atoms with Crippen LogP contribution >= 0.6 is 11.3 Å². The van der Waals surface area contributed by atoms with Crippen molar-refractivity contribution in [3.05, 3.63) is 27.5 Å². The van der Waals surface area contributed by atoms with Crippen LogP contribution < -0.4 is 10.6 Å². The van der Waals surface area contributed by atoms with E-state index in [1.165, 1.54) is 11.3 Å². The summed E-state index contributed by atoms with van der Waals surface area (Å²) in [5.41, 5.74) is 3.50. The summed E-state index contributed by atoms with van der Waals surface area (Å²) in [7, 11) is 0.